The van der Waals surface area contributed by atoms with E-state index in [0.717, 1.165) is 6.54 Å². The maximum Gasteiger partial charge on any atom is 0.309 e. The quantitative estimate of drug-likeness (QED) is 0.672. The van der Waals surface area contributed by atoms with Crippen molar-refractivity contribution in [3.05, 3.63) is 0 Å². The summed E-state index contributed by atoms with van der Waals surface area (Å²) in [6, 6.07) is 0. The van der Waals surface area contributed by atoms with Crippen LogP contribution in [0.25, 0.3) is 0 Å². The fourth-order valence-electron chi connectivity index (χ4n) is 1.70. The van der Waals surface area contributed by atoms with Crippen molar-refractivity contribution in [2.24, 2.45) is 5.41 Å². The van der Waals surface area contributed by atoms with Gasteiger partial charge >= 0.3 is 5.97 Å². The number of nitrogens with one attached hydrogen (secondary N) is 1. The third-order valence-electron chi connectivity index (χ3n) is 2.76. The number of aliphatic carboxylic acids is 1. The molecule has 0 aromatic heterocycles. The van der Waals surface area contributed by atoms with Gasteiger partial charge in [-0.1, -0.05) is 0 Å². The summed E-state index contributed by atoms with van der Waals surface area (Å²) in [7, 11) is 1.84. The Balaban J connectivity index is 2.56. The first-order valence-corrected chi connectivity index (χ1v) is 4.67. The first-order chi connectivity index (χ1) is 6.21. The monoisotopic (exact) mass is 187 g/mol. The van der Waals surface area contributed by atoms with Crippen molar-refractivity contribution >= 4 is 5.97 Å². The van der Waals surface area contributed by atoms with Crippen molar-refractivity contribution in [1.29, 1.82) is 0 Å². The molecule has 0 bridgehead atoms. The number of hydrogen-bond acceptors (Lipinski definition) is 3. The van der Waals surface area contributed by atoms with Crippen LogP contribution in [0.15, 0.2) is 0 Å². The summed E-state index contributed by atoms with van der Waals surface area (Å²) in [5.41, 5.74) is -0.540. The minimum absolute atomic E-state index is 0.540. The highest BCUT2D eigenvalue weighted by Crippen LogP contribution is 2.33. The summed E-state index contributed by atoms with van der Waals surface area (Å²) in [6.07, 6.45) is 1.98. The van der Waals surface area contributed by atoms with Crippen molar-refractivity contribution in [3.8, 4) is 0 Å². The van der Waals surface area contributed by atoms with Gasteiger partial charge in [0.15, 0.2) is 0 Å². The smallest absolute Gasteiger partial charge is 0.309 e. The summed E-state index contributed by atoms with van der Waals surface area (Å²) >= 11 is 0. The highest BCUT2D eigenvalue weighted by Gasteiger charge is 2.39. The second-order valence-corrected chi connectivity index (χ2v) is 3.55. The number of carboxylic acid groups (broad SMARTS) is 1. The van der Waals surface area contributed by atoms with Gasteiger partial charge in [-0.3, -0.25) is 4.79 Å². The van der Waals surface area contributed by atoms with Gasteiger partial charge in [0.25, 0.3) is 0 Å². The van der Waals surface area contributed by atoms with Crippen LogP contribution in [0.2, 0.25) is 0 Å². The Hall–Kier alpha value is -0.610. The summed E-state index contributed by atoms with van der Waals surface area (Å²) in [5, 5.41) is 12.1. The molecule has 0 amide bonds. The molecule has 4 heteroatoms. The second-order valence-electron chi connectivity index (χ2n) is 3.55. The molecule has 0 aromatic carbocycles. The number of rotatable bonds is 4. The SMILES string of the molecule is CNCCC1(C(=O)O)CCOCC1. The molecule has 1 saturated heterocycles. The molecule has 0 spiro atoms. The third-order valence-corrected chi connectivity index (χ3v) is 2.76. The lowest BCUT2D eigenvalue weighted by Gasteiger charge is -2.32. The molecule has 13 heavy (non-hydrogen) atoms. The summed E-state index contributed by atoms with van der Waals surface area (Å²) in [4.78, 5) is 11.1. The van der Waals surface area contributed by atoms with E-state index in [9.17, 15) is 4.79 Å². The zero-order chi connectivity index (χ0) is 9.73. The van der Waals surface area contributed by atoms with Gasteiger partial charge in [0, 0.05) is 13.2 Å². The fraction of sp³-hybridized carbons (Fsp3) is 0.889. The molecule has 76 valence electrons. The van der Waals surface area contributed by atoms with E-state index < -0.39 is 11.4 Å². The molecule has 0 unspecified atom stereocenters. The number of carboxylic acids is 1. The Morgan fingerprint density at radius 1 is 1.54 bits per heavy atom. The zero-order valence-corrected chi connectivity index (χ0v) is 8.01. The zero-order valence-electron chi connectivity index (χ0n) is 8.01. The van der Waals surface area contributed by atoms with Crippen LogP contribution in [0.1, 0.15) is 19.3 Å². The van der Waals surface area contributed by atoms with Gasteiger partial charge in [0.1, 0.15) is 0 Å². The van der Waals surface area contributed by atoms with Crippen LogP contribution in [0.5, 0.6) is 0 Å². The number of ether oxygens (including phenoxy) is 1. The van der Waals surface area contributed by atoms with Gasteiger partial charge in [-0.2, -0.15) is 0 Å². The summed E-state index contributed by atoms with van der Waals surface area (Å²) < 4.78 is 5.17. The van der Waals surface area contributed by atoms with E-state index in [2.05, 4.69) is 5.32 Å². The minimum Gasteiger partial charge on any atom is -0.481 e. The lowest BCUT2D eigenvalue weighted by molar-refractivity contribution is -0.155. The van der Waals surface area contributed by atoms with E-state index in [1.165, 1.54) is 0 Å². The van der Waals surface area contributed by atoms with Gasteiger partial charge in [0.2, 0.25) is 0 Å². The Morgan fingerprint density at radius 3 is 2.62 bits per heavy atom. The van der Waals surface area contributed by atoms with Crippen LogP contribution in [-0.2, 0) is 9.53 Å². The molecule has 0 aromatic rings. The molecule has 1 fully saturated rings. The minimum atomic E-state index is -0.675. The normalized spacial score (nSPS) is 21.3. The van der Waals surface area contributed by atoms with Crippen molar-refractivity contribution in [2.45, 2.75) is 19.3 Å². The maximum atomic E-state index is 11.1. The molecular formula is C9H17NO3. The molecule has 1 aliphatic rings. The average molecular weight is 187 g/mol. The van der Waals surface area contributed by atoms with Gasteiger partial charge < -0.3 is 15.2 Å². The molecule has 1 rings (SSSR count). The lowest BCUT2D eigenvalue weighted by atomic mass is 9.77. The number of carbonyl (C=O) groups is 1. The Labute approximate surface area is 78.3 Å². The summed E-state index contributed by atoms with van der Waals surface area (Å²) in [5.74, 6) is -0.675. The van der Waals surface area contributed by atoms with Crippen LogP contribution < -0.4 is 5.32 Å². The Kier molecular flexibility index (Phi) is 3.69. The highest BCUT2D eigenvalue weighted by atomic mass is 16.5. The maximum absolute atomic E-state index is 11.1. The molecule has 0 atom stereocenters. The van der Waals surface area contributed by atoms with E-state index in [1.54, 1.807) is 0 Å². The van der Waals surface area contributed by atoms with E-state index in [4.69, 9.17) is 9.84 Å². The van der Waals surface area contributed by atoms with Crippen LogP contribution in [-0.4, -0.2) is 37.9 Å². The van der Waals surface area contributed by atoms with Gasteiger partial charge in [0.05, 0.1) is 5.41 Å². The van der Waals surface area contributed by atoms with Gasteiger partial charge in [-0.15, -0.1) is 0 Å². The Bertz CT molecular complexity index is 176. The average Bonchev–Trinajstić information content (AvgIpc) is 2.16. The lowest BCUT2D eigenvalue weighted by Crippen LogP contribution is -2.39. The standard InChI is InChI=1S/C9H17NO3/c1-10-5-2-9(8(11)12)3-6-13-7-4-9/h10H,2-7H2,1H3,(H,11,12). The van der Waals surface area contributed by atoms with Crippen molar-refractivity contribution in [3.63, 3.8) is 0 Å². The Morgan fingerprint density at radius 2 is 2.15 bits per heavy atom. The first-order valence-electron chi connectivity index (χ1n) is 4.67. The van der Waals surface area contributed by atoms with Crippen molar-refractivity contribution in [1.82, 2.24) is 5.32 Å². The number of hydrogen-bond donors (Lipinski definition) is 2. The molecule has 1 aliphatic heterocycles. The van der Waals surface area contributed by atoms with E-state index in [1.807, 2.05) is 7.05 Å². The molecule has 0 aliphatic carbocycles. The van der Waals surface area contributed by atoms with Crippen LogP contribution in [0.4, 0.5) is 0 Å². The van der Waals surface area contributed by atoms with Crippen LogP contribution in [0.3, 0.4) is 0 Å². The van der Waals surface area contributed by atoms with Crippen LogP contribution in [0, 0.1) is 5.41 Å². The topological polar surface area (TPSA) is 58.6 Å². The molecule has 4 nitrogen and oxygen atoms in total. The third kappa shape index (κ3) is 2.42. The fourth-order valence-corrected chi connectivity index (χ4v) is 1.70. The molecule has 2 N–H and O–H groups in total. The predicted octanol–water partition coefficient (Wildman–Crippen LogP) is 0.477. The first kappa shape index (κ1) is 10.5. The largest absolute Gasteiger partial charge is 0.481 e. The predicted molar refractivity (Wildman–Crippen MR) is 48.7 cm³/mol. The second kappa shape index (κ2) is 4.58. The van der Waals surface area contributed by atoms with E-state index in [0.29, 0.717) is 32.5 Å². The molecule has 0 radical (unpaired) electrons. The molecule has 0 saturated carbocycles. The molecule has 1 heterocycles. The highest BCUT2D eigenvalue weighted by molar-refractivity contribution is 5.74. The van der Waals surface area contributed by atoms with Crippen LogP contribution >= 0.6 is 0 Å². The summed E-state index contributed by atoms with van der Waals surface area (Å²) in [6.45, 7) is 1.92. The van der Waals surface area contributed by atoms with Gasteiger partial charge in [-0.05, 0) is 32.9 Å². The van der Waals surface area contributed by atoms with Gasteiger partial charge in [-0.25, -0.2) is 0 Å². The van der Waals surface area contributed by atoms with E-state index >= 15 is 0 Å². The molecular weight excluding hydrogens is 170 g/mol. The van der Waals surface area contributed by atoms with Crippen molar-refractivity contribution in [2.75, 3.05) is 26.8 Å². The van der Waals surface area contributed by atoms with E-state index in [-0.39, 0.29) is 0 Å². The van der Waals surface area contributed by atoms with Crippen molar-refractivity contribution < 1.29 is 14.6 Å².